The van der Waals surface area contributed by atoms with Crippen molar-refractivity contribution in [2.75, 3.05) is 5.32 Å². The highest BCUT2D eigenvalue weighted by Crippen LogP contribution is 2.36. The Morgan fingerprint density at radius 1 is 1.08 bits per heavy atom. The van der Waals surface area contributed by atoms with Crippen molar-refractivity contribution < 1.29 is 27.5 Å². The topological polar surface area (TPSA) is 129 Å². The van der Waals surface area contributed by atoms with Gasteiger partial charge in [-0.2, -0.15) is 5.26 Å². The van der Waals surface area contributed by atoms with E-state index in [1.165, 1.54) is 24.8 Å². The average Bonchev–Trinajstić information content (AvgIpc) is 3.64. The van der Waals surface area contributed by atoms with Gasteiger partial charge in [-0.05, 0) is 42.7 Å². The maximum Gasteiger partial charge on any atom is 0.573 e. The SMILES string of the molecule is N#Cc1cc(OC(F)(F)F)ccc1Nc1ccc(CNC(=O)C2(NC(=O)c3cncnc3)CC2)cc1. The van der Waals surface area contributed by atoms with Gasteiger partial charge in [-0.3, -0.25) is 9.59 Å². The summed E-state index contributed by atoms with van der Waals surface area (Å²) in [5.41, 5.74) is 0.963. The van der Waals surface area contributed by atoms with Gasteiger partial charge in [-0.15, -0.1) is 13.2 Å². The zero-order valence-corrected chi connectivity index (χ0v) is 18.6. The molecule has 1 heterocycles. The van der Waals surface area contributed by atoms with Gasteiger partial charge < -0.3 is 20.7 Å². The fraction of sp³-hybridized carbons (Fsp3) is 0.208. The van der Waals surface area contributed by atoms with Crippen LogP contribution in [0, 0.1) is 11.3 Å². The molecule has 2 amide bonds. The number of anilines is 2. The third kappa shape index (κ3) is 6.06. The van der Waals surface area contributed by atoms with Crippen molar-refractivity contribution in [2.45, 2.75) is 31.3 Å². The zero-order chi connectivity index (χ0) is 25.8. The van der Waals surface area contributed by atoms with Crippen molar-refractivity contribution >= 4 is 23.2 Å². The number of rotatable bonds is 8. The van der Waals surface area contributed by atoms with Gasteiger partial charge in [0.05, 0.1) is 16.8 Å². The van der Waals surface area contributed by atoms with Crippen molar-refractivity contribution in [3.8, 4) is 11.8 Å². The van der Waals surface area contributed by atoms with E-state index in [4.69, 9.17) is 0 Å². The molecule has 0 atom stereocenters. The van der Waals surface area contributed by atoms with Crippen molar-refractivity contribution in [3.63, 3.8) is 0 Å². The summed E-state index contributed by atoms with van der Waals surface area (Å²) in [6.45, 7) is 0.220. The van der Waals surface area contributed by atoms with Crippen LogP contribution in [-0.4, -0.2) is 33.7 Å². The maximum atomic E-state index is 12.7. The summed E-state index contributed by atoms with van der Waals surface area (Å²) in [6, 6.07) is 12.2. The molecular weight excluding hydrogens is 477 g/mol. The standard InChI is InChI=1S/C24H19F3N6O3/c25-24(26,27)36-19-5-6-20(16(9-19)10-28)32-18-3-1-15(2-4-18)11-31-22(35)23(7-8-23)33-21(34)17-12-29-14-30-13-17/h1-6,9,12-14,32H,7-8,11H2,(H,31,35)(H,33,34). The molecule has 9 nitrogen and oxygen atoms in total. The average molecular weight is 496 g/mol. The van der Waals surface area contributed by atoms with Gasteiger partial charge in [-0.25, -0.2) is 9.97 Å². The molecule has 1 saturated carbocycles. The van der Waals surface area contributed by atoms with E-state index < -0.39 is 23.6 Å². The molecule has 0 aliphatic heterocycles. The molecule has 184 valence electrons. The van der Waals surface area contributed by atoms with Crippen molar-refractivity contribution in [1.29, 1.82) is 5.26 Å². The van der Waals surface area contributed by atoms with Crippen LogP contribution < -0.4 is 20.7 Å². The monoisotopic (exact) mass is 496 g/mol. The Balaban J connectivity index is 1.33. The van der Waals surface area contributed by atoms with Gasteiger partial charge in [0, 0.05) is 30.7 Å². The Hall–Kier alpha value is -4.66. The van der Waals surface area contributed by atoms with E-state index in [0.717, 1.165) is 17.7 Å². The highest BCUT2D eigenvalue weighted by Gasteiger charge is 2.51. The summed E-state index contributed by atoms with van der Waals surface area (Å²) in [5, 5.41) is 17.8. The number of ether oxygens (including phenoxy) is 1. The number of benzene rings is 2. The Kier molecular flexibility index (Phi) is 6.73. The van der Waals surface area contributed by atoms with E-state index in [-0.39, 0.29) is 23.6 Å². The summed E-state index contributed by atoms with van der Waals surface area (Å²) in [5.74, 6) is -1.21. The van der Waals surface area contributed by atoms with Crippen LogP contribution in [0.4, 0.5) is 24.5 Å². The molecule has 4 rings (SSSR count). The lowest BCUT2D eigenvalue weighted by Crippen LogP contribution is -2.48. The summed E-state index contributed by atoms with van der Waals surface area (Å²) >= 11 is 0. The number of alkyl halides is 3. The van der Waals surface area contributed by atoms with Crippen LogP contribution in [-0.2, 0) is 11.3 Å². The number of nitriles is 1. The third-order valence-corrected chi connectivity index (χ3v) is 5.39. The number of aromatic nitrogens is 2. The minimum Gasteiger partial charge on any atom is -0.406 e. The Bertz CT molecular complexity index is 1300. The number of hydrogen-bond donors (Lipinski definition) is 3. The third-order valence-electron chi connectivity index (χ3n) is 5.39. The fourth-order valence-corrected chi connectivity index (χ4v) is 3.37. The first-order chi connectivity index (χ1) is 17.2. The van der Waals surface area contributed by atoms with Crippen LogP contribution in [0.25, 0.3) is 0 Å². The number of nitrogens with zero attached hydrogens (tertiary/aromatic N) is 3. The molecule has 1 aromatic heterocycles. The van der Waals surface area contributed by atoms with E-state index in [2.05, 4.69) is 30.7 Å². The molecule has 0 spiro atoms. The summed E-state index contributed by atoms with van der Waals surface area (Å²) in [6.07, 6.45) is 0.244. The quantitative estimate of drug-likeness (QED) is 0.435. The van der Waals surface area contributed by atoms with E-state index in [9.17, 15) is 28.0 Å². The first kappa shape index (κ1) is 24.5. The normalized spacial score (nSPS) is 13.7. The Morgan fingerprint density at radius 2 is 1.78 bits per heavy atom. The van der Waals surface area contributed by atoms with Gasteiger partial charge in [0.15, 0.2) is 0 Å². The molecule has 0 saturated heterocycles. The van der Waals surface area contributed by atoms with Crippen LogP contribution in [0.3, 0.4) is 0 Å². The lowest BCUT2D eigenvalue weighted by atomic mass is 10.1. The molecule has 1 aliphatic carbocycles. The Labute approximate surface area is 203 Å². The van der Waals surface area contributed by atoms with Gasteiger partial charge in [0.25, 0.3) is 5.91 Å². The highest BCUT2D eigenvalue weighted by atomic mass is 19.4. The number of hydrogen-bond acceptors (Lipinski definition) is 7. The lowest BCUT2D eigenvalue weighted by molar-refractivity contribution is -0.274. The van der Waals surface area contributed by atoms with Crippen LogP contribution in [0.5, 0.6) is 5.75 Å². The number of carbonyl (C=O) groups is 2. The van der Waals surface area contributed by atoms with Crippen molar-refractivity contribution in [3.05, 3.63) is 77.9 Å². The second-order valence-electron chi connectivity index (χ2n) is 8.03. The number of amides is 2. The van der Waals surface area contributed by atoms with Crippen LogP contribution in [0.15, 0.2) is 61.2 Å². The Morgan fingerprint density at radius 3 is 2.39 bits per heavy atom. The summed E-state index contributed by atoms with van der Waals surface area (Å²) < 4.78 is 41.0. The van der Waals surface area contributed by atoms with Crippen LogP contribution in [0.1, 0.15) is 34.3 Å². The van der Waals surface area contributed by atoms with Gasteiger partial charge in [-0.1, -0.05) is 12.1 Å². The molecule has 1 aliphatic rings. The fourth-order valence-electron chi connectivity index (χ4n) is 3.37. The molecule has 36 heavy (non-hydrogen) atoms. The molecule has 0 radical (unpaired) electrons. The molecule has 3 aromatic rings. The van der Waals surface area contributed by atoms with Gasteiger partial charge >= 0.3 is 6.36 Å². The van der Waals surface area contributed by atoms with E-state index in [1.54, 1.807) is 24.3 Å². The van der Waals surface area contributed by atoms with Gasteiger partial charge in [0.1, 0.15) is 23.7 Å². The lowest BCUT2D eigenvalue weighted by Gasteiger charge is -2.17. The molecule has 12 heteroatoms. The van der Waals surface area contributed by atoms with Crippen LogP contribution >= 0.6 is 0 Å². The summed E-state index contributed by atoms with van der Waals surface area (Å²) in [4.78, 5) is 32.6. The molecule has 2 aromatic carbocycles. The molecule has 1 fully saturated rings. The second kappa shape index (κ2) is 9.91. The minimum atomic E-state index is -4.85. The van der Waals surface area contributed by atoms with E-state index in [0.29, 0.717) is 24.2 Å². The highest BCUT2D eigenvalue weighted by molar-refractivity contribution is 6.00. The second-order valence-corrected chi connectivity index (χ2v) is 8.03. The van der Waals surface area contributed by atoms with Gasteiger partial charge in [0.2, 0.25) is 5.91 Å². The predicted molar refractivity (Wildman–Crippen MR) is 121 cm³/mol. The van der Waals surface area contributed by atoms with E-state index >= 15 is 0 Å². The maximum absolute atomic E-state index is 12.7. The number of nitrogens with one attached hydrogen (secondary N) is 3. The van der Waals surface area contributed by atoms with Crippen molar-refractivity contribution in [2.24, 2.45) is 0 Å². The minimum absolute atomic E-state index is 0.0214. The first-order valence-corrected chi connectivity index (χ1v) is 10.7. The number of halogens is 3. The van der Waals surface area contributed by atoms with E-state index in [1.807, 2.05) is 6.07 Å². The molecular formula is C24H19F3N6O3. The number of carbonyl (C=O) groups excluding carboxylic acids is 2. The van der Waals surface area contributed by atoms with Crippen LogP contribution in [0.2, 0.25) is 0 Å². The van der Waals surface area contributed by atoms with Crippen molar-refractivity contribution in [1.82, 2.24) is 20.6 Å². The molecule has 0 unspecified atom stereocenters. The first-order valence-electron chi connectivity index (χ1n) is 10.7. The summed E-state index contributed by atoms with van der Waals surface area (Å²) in [7, 11) is 0. The largest absolute Gasteiger partial charge is 0.573 e. The zero-order valence-electron chi connectivity index (χ0n) is 18.6. The predicted octanol–water partition coefficient (Wildman–Crippen LogP) is 3.57. The smallest absolute Gasteiger partial charge is 0.406 e. The molecule has 3 N–H and O–H groups in total. The molecule has 0 bridgehead atoms.